The molecule has 1 amide bonds. The van der Waals surface area contributed by atoms with Gasteiger partial charge in [-0.3, -0.25) is 4.79 Å². The summed E-state index contributed by atoms with van der Waals surface area (Å²) in [6.07, 6.45) is 8.41. The van der Waals surface area contributed by atoms with Gasteiger partial charge in [0.2, 0.25) is 0 Å². The number of carbonyl (C=O) groups is 1. The highest BCUT2D eigenvalue weighted by Gasteiger charge is 2.38. The van der Waals surface area contributed by atoms with Gasteiger partial charge in [-0.05, 0) is 49.5 Å². The van der Waals surface area contributed by atoms with E-state index in [0.717, 1.165) is 24.8 Å². The molecule has 1 saturated carbocycles. The van der Waals surface area contributed by atoms with Crippen molar-refractivity contribution in [1.29, 1.82) is 5.41 Å². The van der Waals surface area contributed by atoms with Crippen molar-refractivity contribution in [3.63, 3.8) is 0 Å². The van der Waals surface area contributed by atoms with Crippen LogP contribution in [0.5, 0.6) is 0 Å². The first-order valence-corrected chi connectivity index (χ1v) is 9.58. The first-order chi connectivity index (χ1) is 13.6. The van der Waals surface area contributed by atoms with E-state index in [-0.39, 0.29) is 23.8 Å². The lowest BCUT2D eigenvalue weighted by molar-refractivity contribution is -0.121. The van der Waals surface area contributed by atoms with Crippen LogP contribution in [0.3, 0.4) is 0 Å². The molecule has 0 unspecified atom stereocenters. The maximum atomic E-state index is 12.9. The van der Waals surface area contributed by atoms with E-state index in [1.54, 1.807) is 25.3 Å². The zero-order valence-corrected chi connectivity index (χ0v) is 16.1. The van der Waals surface area contributed by atoms with Crippen LogP contribution in [0.4, 0.5) is 0 Å². The summed E-state index contributed by atoms with van der Waals surface area (Å²) in [5, 5.41) is 23.5. The number of aliphatic hydroxyl groups excluding tert-OH is 1. The van der Waals surface area contributed by atoms with Gasteiger partial charge >= 0.3 is 0 Å². The number of aliphatic hydroxyl groups is 1. The molecule has 4 N–H and O–H groups in total. The largest absolute Gasteiger partial charge is 0.489 e. The zero-order valence-electron chi connectivity index (χ0n) is 16.1. The van der Waals surface area contributed by atoms with Gasteiger partial charge in [-0.2, -0.15) is 0 Å². The predicted molar refractivity (Wildman–Crippen MR) is 109 cm³/mol. The monoisotopic (exact) mass is 381 g/mol. The molecule has 6 heteroatoms. The topological polar surface area (TPSA) is 94.4 Å². The molecular formula is C22H27N3O3. The van der Waals surface area contributed by atoms with Gasteiger partial charge < -0.3 is 25.9 Å². The van der Waals surface area contributed by atoms with Crippen LogP contribution in [0.2, 0.25) is 0 Å². The first-order valence-electron chi connectivity index (χ1n) is 9.58. The van der Waals surface area contributed by atoms with Crippen LogP contribution in [0.25, 0.3) is 0 Å². The summed E-state index contributed by atoms with van der Waals surface area (Å²) in [5.41, 5.74) is 1.78. The molecule has 0 aromatic heterocycles. The first kappa shape index (κ1) is 19.9. The van der Waals surface area contributed by atoms with Crippen LogP contribution in [0.1, 0.15) is 31.2 Å². The minimum Gasteiger partial charge on any atom is -0.489 e. The lowest BCUT2D eigenvalue weighted by Gasteiger charge is -2.42. The number of amides is 1. The van der Waals surface area contributed by atoms with Crippen molar-refractivity contribution >= 4 is 11.6 Å². The molecule has 28 heavy (non-hydrogen) atoms. The lowest BCUT2D eigenvalue weighted by Crippen LogP contribution is -2.55. The number of nitrogens with one attached hydrogen (secondary N) is 3. The van der Waals surface area contributed by atoms with Crippen molar-refractivity contribution in [2.45, 2.75) is 37.8 Å². The lowest BCUT2D eigenvalue weighted by atomic mass is 9.74. The smallest absolute Gasteiger partial charge is 0.268 e. The number of rotatable bonds is 8. The second kappa shape index (κ2) is 8.89. The van der Waals surface area contributed by atoms with E-state index >= 15 is 0 Å². The molecule has 0 atom stereocenters. The molecule has 1 fully saturated rings. The number of likely N-dealkylation sites (N-methyl/N-ethyl adjacent to an activating group) is 1. The average molecular weight is 381 g/mol. The molecular weight excluding hydrogens is 354 g/mol. The van der Waals surface area contributed by atoms with Crippen molar-refractivity contribution in [3.05, 3.63) is 71.2 Å². The number of hydrogen-bond acceptors (Lipinski definition) is 5. The van der Waals surface area contributed by atoms with E-state index in [1.165, 1.54) is 0 Å². The Morgan fingerprint density at radius 2 is 2.00 bits per heavy atom. The SMILES string of the molecule is CN/C(C(=O)NC1(CCO)CCC1)=C1/C=C(OCc2ccccc2)C=CC1=N. The summed E-state index contributed by atoms with van der Waals surface area (Å²) < 4.78 is 5.84. The molecule has 2 aliphatic carbocycles. The van der Waals surface area contributed by atoms with Crippen LogP contribution >= 0.6 is 0 Å². The molecule has 148 valence electrons. The second-order valence-electron chi connectivity index (χ2n) is 7.17. The molecule has 0 spiro atoms. The fourth-order valence-corrected chi connectivity index (χ4v) is 3.49. The van der Waals surface area contributed by atoms with Crippen LogP contribution in [-0.4, -0.2) is 35.9 Å². The molecule has 0 bridgehead atoms. The molecule has 0 saturated heterocycles. The number of hydrogen-bond donors (Lipinski definition) is 4. The van der Waals surface area contributed by atoms with Gasteiger partial charge in [0.15, 0.2) is 0 Å². The normalized spacial score (nSPS) is 19.4. The number of carbonyl (C=O) groups excluding carboxylic acids is 1. The van der Waals surface area contributed by atoms with Crippen LogP contribution in [0.15, 0.2) is 65.6 Å². The molecule has 0 aliphatic heterocycles. The molecule has 2 aliphatic rings. The number of benzene rings is 1. The Bertz CT molecular complexity index is 821. The summed E-state index contributed by atoms with van der Waals surface area (Å²) >= 11 is 0. The highest BCUT2D eigenvalue weighted by Crippen LogP contribution is 2.35. The fourth-order valence-electron chi connectivity index (χ4n) is 3.49. The third-order valence-corrected chi connectivity index (χ3v) is 5.27. The van der Waals surface area contributed by atoms with E-state index < -0.39 is 0 Å². The van der Waals surface area contributed by atoms with Gasteiger partial charge in [-0.1, -0.05) is 30.3 Å². The Hall–Kier alpha value is -2.86. The van der Waals surface area contributed by atoms with Gasteiger partial charge in [0.25, 0.3) is 5.91 Å². The summed E-state index contributed by atoms with van der Waals surface area (Å²) in [4.78, 5) is 12.9. The molecule has 3 rings (SSSR count). The fraction of sp³-hybridized carbons (Fsp3) is 0.364. The maximum absolute atomic E-state index is 12.9. The van der Waals surface area contributed by atoms with Gasteiger partial charge in [-0.15, -0.1) is 0 Å². The molecule has 1 aromatic rings. The van der Waals surface area contributed by atoms with Gasteiger partial charge in [-0.25, -0.2) is 0 Å². The van der Waals surface area contributed by atoms with E-state index in [9.17, 15) is 9.90 Å². The summed E-state index contributed by atoms with van der Waals surface area (Å²) in [6, 6.07) is 9.83. The third kappa shape index (κ3) is 4.51. The quantitative estimate of drug-likeness (QED) is 0.521. The van der Waals surface area contributed by atoms with Crippen molar-refractivity contribution < 1.29 is 14.6 Å². The van der Waals surface area contributed by atoms with Crippen molar-refractivity contribution in [2.75, 3.05) is 13.7 Å². The molecule has 1 aromatic carbocycles. The maximum Gasteiger partial charge on any atom is 0.268 e. The standard InChI is InChI=1S/C22H27N3O3/c1-24-20(21(27)25-22(12-13-26)10-5-11-22)18-14-17(8-9-19(18)23)28-15-16-6-3-2-4-7-16/h2-4,6-9,14,23-24,26H,5,10-13,15H2,1H3,(H,25,27)/b20-18-,23-19?. The van der Waals surface area contributed by atoms with Crippen molar-refractivity contribution in [2.24, 2.45) is 0 Å². The van der Waals surface area contributed by atoms with Gasteiger partial charge in [0, 0.05) is 24.8 Å². The second-order valence-corrected chi connectivity index (χ2v) is 7.17. The predicted octanol–water partition coefficient (Wildman–Crippen LogP) is 2.57. The van der Waals surface area contributed by atoms with Gasteiger partial charge in [0.1, 0.15) is 18.1 Å². The minimum absolute atomic E-state index is 0.0433. The zero-order chi connectivity index (χ0) is 20.0. The van der Waals surface area contributed by atoms with Crippen LogP contribution < -0.4 is 10.6 Å². The van der Waals surface area contributed by atoms with Crippen molar-refractivity contribution in [3.8, 4) is 0 Å². The Morgan fingerprint density at radius 3 is 2.61 bits per heavy atom. The molecule has 0 heterocycles. The summed E-state index contributed by atoms with van der Waals surface area (Å²) in [6.45, 7) is 0.458. The number of ether oxygens (including phenoxy) is 1. The number of allylic oxidation sites excluding steroid dienone is 4. The Balaban J connectivity index is 1.77. The Morgan fingerprint density at radius 1 is 1.25 bits per heavy atom. The van der Waals surface area contributed by atoms with Crippen LogP contribution in [-0.2, 0) is 16.1 Å². The average Bonchev–Trinajstić information content (AvgIpc) is 2.68. The third-order valence-electron chi connectivity index (χ3n) is 5.27. The minimum atomic E-state index is -0.336. The van der Waals surface area contributed by atoms with E-state index in [4.69, 9.17) is 10.1 Å². The van der Waals surface area contributed by atoms with Crippen LogP contribution in [0, 0.1) is 5.41 Å². The summed E-state index contributed by atoms with van der Waals surface area (Å²) in [7, 11) is 1.67. The van der Waals surface area contributed by atoms with Gasteiger partial charge in [0.05, 0.1) is 5.71 Å². The van der Waals surface area contributed by atoms with Crippen molar-refractivity contribution in [1.82, 2.24) is 10.6 Å². The highest BCUT2D eigenvalue weighted by molar-refractivity contribution is 6.14. The Kier molecular flexibility index (Phi) is 6.31. The molecule has 6 nitrogen and oxygen atoms in total. The highest BCUT2D eigenvalue weighted by atomic mass is 16.5. The van der Waals surface area contributed by atoms with E-state index in [2.05, 4.69) is 10.6 Å². The van der Waals surface area contributed by atoms with E-state index in [1.807, 2.05) is 30.3 Å². The van der Waals surface area contributed by atoms with E-state index in [0.29, 0.717) is 30.1 Å². The summed E-state index contributed by atoms with van der Waals surface area (Å²) in [5.74, 6) is 0.341. The Labute approximate surface area is 165 Å². The molecule has 0 radical (unpaired) electrons.